The Morgan fingerprint density at radius 3 is 2.52 bits per heavy atom. The summed E-state index contributed by atoms with van der Waals surface area (Å²) in [6.45, 7) is 2.42. The number of nitrogens with zero attached hydrogens (tertiary/aromatic N) is 1. The van der Waals surface area contributed by atoms with E-state index in [2.05, 4.69) is 12.1 Å². The highest BCUT2D eigenvalue weighted by molar-refractivity contribution is 6.31. The fourth-order valence-corrected chi connectivity index (χ4v) is 3.02. The van der Waals surface area contributed by atoms with Crippen LogP contribution in [-0.4, -0.2) is 18.9 Å². The van der Waals surface area contributed by atoms with Crippen molar-refractivity contribution in [2.75, 3.05) is 7.11 Å². The van der Waals surface area contributed by atoms with Crippen LogP contribution in [0.3, 0.4) is 0 Å². The Hall–Kier alpha value is -3.51. The van der Waals surface area contributed by atoms with E-state index in [0.29, 0.717) is 28.5 Å². The summed E-state index contributed by atoms with van der Waals surface area (Å²) < 4.78 is 11.0. The van der Waals surface area contributed by atoms with E-state index in [4.69, 9.17) is 31.6 Å². The second kappa shape index (κ2) is 10.5. The number of ether oxygens (including phenoxy) is 2. The number of oxime groups is 1. The second-order valence-corrected chi connectivity index (χ2v) is 7.12. The van der Waals surface area contributed by atoms with E-state index in [9.17, 15) is 4.79 Å². The molecule has 6 nitrogen and oxygen atoms in total. The Morgan fingerprint density at radius 2 is 1.81 bits per heavy atom. The Bertz CT molecular complexity index is 1080. The Morgan fingerprint density at radius 1 is 1.03 bits per heavy atom. The zero-order valence-corrected chi connectivity index (χ0v) is 18.1. The first-order valence-corrected chi connectivity index (χ1v) is 10.1. The minimum atomic E-state index is -0.641. The normalized spacial score (nSPS) is 11.1. The molecule has 0 amide bonds. The van der Waals surface area contributed by atoms with Crippen LogP contribution in [0.4, 0.5) is 0 Å². The first kappa shape index (κ1) is 22.2. The van der Waals surface area contributed by atoms with Crippen LogP contribution in [0.2, 0.25) is 5.02 Å². The number of halogens is 1. The summed E-state index contributed by atoms with van der Waals surface area (Å²) >= 11 is 6.00. The van der Waals surface area contributed by atoms with Crippen LogP contribution >= 0.6 is 11.6 Å². The molecule has 0 aliphatic rings. The van der Waals surface area contributed by atoms with E-state index in [1.165, 1.54) is 12.7 Å². The van der Waals surface area contributed by atoms with E-state index in [-0.39, 0.29) is 5.84 Å². The maximum Gasteiger partial charge on any atom is 0.365 e. The van der Waals surface area contributed by atoms with Crippen molar-refractivity contribution < 1.29 is 19.1 Å². The molecule has 3 aromatic carbocycles. The molecule has 0 spiro atoms. The average Bonchev–Trinajstić information content (AvgIpc) is 2.81. The monoisotopic (exact) mass is 438 g/mol. The van der Waals surface area contributed by atoms with E-state index >= 15 is 0 Å². The largest absolute Gasteiger partial charge is 0.496 e. The second-order valence-electron chi connectivity index (χ2n) is 6.69. The van der Waals surface area contributed by atoms with Crippen LogP contribution in [0, 0.1) is 0 Å². The number of nitrogens with two attached hydrogens (primary N) is 1. The molecule has 0 saturated heterocycles. The molecular formula is C24H23ClN2O4. The van der Waals surface area contributed by atoms with Crippen molar-refractivity contribution in [1.29, 1.82) is 0 Å². The summed E-state index contributed by atoms with van der Waals surface area (Å²) in [6, 6.07) is 19.8. The molecule has 3 aromatic rings. The maximum atomic E-state index is 12.4. The fraction of sp³-hybridized carbons (Fsp3) is 0.167. The number of hydrogen-bond donors (Lipinski definition) is 1. The van der Waals surface area contributed by atoms with Gasteiger partial charge in [0.1, 0.15) is 18.1 Å². The van der Waals surface area contributed by atoms with Gasteiger partial charge in [0.2, 0.25) is 0 Å². The highest BCUT2D eigenvalue weighted by atomic mass is 35.5. The van der Waals surface area contributed by atoms with Gasteiger partial charge in [-0.25, -0.2) is 4.79 Å². The topological polar surface area (TPSA) is 83.1 Å². The van der Waals surface area contributed by atoms with Crippen molar-refractivity contribution in [2.24, 2.45) is 10.9 Å². The number of amidine groups is 1. The third kappa shape index (κ3) is 5.99. The average molecular weight is 439 g/mol. The van der Waals surface area contributed by atoms with Gasteiger partial charge >= 0.3 is 5.97 Å². The number of benzene rings is 3. The molecule has 0 heterocycles. The molecule has 160 valence electrons. The van der Waals surface area contributed by atoms with Crippen LogP contribution in [0.15, 0.2) is 71.9 Å². The zero-order chi connectivity index (χ0) is 22.2. The number of carbonyl (C=O) groups is 1. The van der Waals surface area contributed by atoms with Gasteiger partial charge in [0.05, 0.1) is 18.2 Å². The minimum Gasteiger partial charge on any atom is -0.496 e. The minimum absolute atomic E-state index is 0.0253. The molecule has 0 saturated carbocycles. The van der Waals surface area contributed by atoms with Crippen molar-refractivity contribution in [1.82, 2.24) is 0 Å². The molecule has 0 radical (unpaired) electrons. The number of carbonyl (C=O) groups excluding carboxylic acids is 1. The van der Waals surface area contributed by atoms with Gasteiger partial charge in [-0.1, -0.05) is 47.9 Å². The molecule has 0 unspecified atom stereocenters. The van der Waals surface area contributed by atoms with Crippen LogP contribution in [0.5, 0.6) is 11.5 Å². The predicted octanol–water partition coefficient (Wildman–Crippen LogP) is 4.97. The summed E-state index contributed by atoms with van der Waals surface area (Å²) in [5, 5.41) is 4.19. The first-order valence-electron chi connectivity index (χ1n) is 9.69. The summed E-state index contributed by atoms with van der Waals surface area (Å²) in [4.78, 5) is 17.4. The molecule has 3 rings (SSSR count). The lowest BCUT2D eigenvalue weighted by Gasteiger charge is -2.09. The van der Waals surface area contributed by atoms with Gasteiger partial charge < -0.3 is 20.0 Å². The van der Waals surface area contributed by atoms with E-state index in [1.807, 2.05) is 30.3 Å². The van der Waals surface area contributed by atoms with E-state index < -0.39 is 5.97 Å². The van der Waals surface area contributed by atoms with Gasteiger partial charge in [-0.05, 0) is 60.0 Å². The number of aryl methyl sites for hydroxylation is 1. The van der Waals surface area contributed by atoms with Crippen molar-refractivity contribution in [3.05, 3.63) is 94.0 Å². The molecule has 0 bridgehead atoms. The van der Waals surface area contributed by atoms with Gasteiger partial charge in [-0.2, -0.15) is 0 Å². The van der Waals surface area contributed by atoms with Crippen molar-refractivity contribution in [3.8, 4) is 11.5 Å². The summed E-state index contributed by atoms with van der Waals surface area (Å²) in [5.74, 6) is 0.562. The van der Waals surface area contributed by atoms with Crippen molar-refractivity contribution in [3.63, 3.8) is 0 Å². The standard InChI is InChI=1S/C24H23ClN2O4/c1-3-16-7-10-20(11-8-16)30-15-17-5-4-6-18(13-17)24(28)31-27-23(26)21-14-19(25)9-12-22(21)29-2/h4-14H,3,15H2,1-2H3,(H2,26,27). The Balaban J connectivity index is 1.65. The summed E-state index contributed by atoms with van der Waals surface area (Å²) in [6.07, 6.45) is 0.974. The van der Waals surface area contributed by atoms with Crippen LogP contribution in [0.1, 0.15) is 34.0 Å². The molecule has 7 heteroatoms. The van der Waals surface area contributed by atoms with Gasteiger partial charge in [0.25, 0.3) is 0 Å². The molecule has 0 aliphatic heterocycles. The van der Waals surface area contributed by atoms with Crippen LogP contribution in [-0.2, 0) is 17.9 Å². The number of methoxy groups -OCH3 is 1. The quantitative estimate of drug-likeness (QED) is 0.232. The molecule has 0 aromatic heterocycles. The fourth-order valence-electron chi connectivity index (χ4n) is 2.85. The lowest BCUT2D eigenvalue weighted by Crippen LogP contribution is -2.16. The van der Waals surface area contributed by atoms with E-state index in [0.717, 1.165) is 17.7 Å². The zero-order valence-electron chi connectivity index (χ0n) is 17.3. The Labute approximate surface area is 186 Å². The molecule has 0 fully saturated rings. The maximum absolute atomic E-state index is 12.4. The van der Waals surface area contributed by atoms with Gasteiger partial charge in [-0.15, -0.1) is 0 Å². The first-order chi connectivity index (χ1) is 15.0. The van der Waals surface area contributed by atoms with Crippen LogP contribution in [0.25, 0.3) is 0 Å². The number of hydrogen-bond acceptors (Lipinski definition) is 5. The smallest absolute Gasteiger partial charge is 0.365 e. The predicted molar refractivity (Wildman–Crippen MR) is 121 cm³/mol. The summed E-state index contributed by atoms with van der Waals surface area (Å²) in [7, 11) is 1.50. The lowest BCUT2D eigenvalue weighted by molar-refractivity contribution is 0.0515. The number of rotatable bonds is 8. The molecule has 2 N–H and O–H groups in total. The van der Waals surface area contributed by atoms with Crippen molar-refractivity contribution in [2.45, 2.75) is 20.0 Å². The SMILES string of the molecule is CCc1ccc(OCc2cccc(C(=O)O/N=C(\N)c3cc(Cl)ccc3OC)c2)cc1. The molecular weight excluding hydrogens is 416 g/mol. The molecule has 0 aliphatic carbocycles. The molecule has 31 heavy (non-hydrogen) atoms. The van der Waals surface area contributed by atoms with Gasteiger partial charge in [0.15, 0.2) is 5.84 Å². The van der Waals surface area contributed by atoms with Gasteiger partial charge in [0, 0.05) is 5.02 Å². The molecule has 0 atom stereocenters. The highest BCUT2D eigenvalue weighted by Crippen LogP contribution is 2.22. The lowest BCUT2D eigenvalue weighted by atomic mass is 10.1. The van der Waals surface area contributed by atoms with Crippen molar-refractivity contribution >= 4 is 23.4 Å². The Kier molecular flexibility index (Phi) is 7.51. The van der Waals surface area contributed by atoms with Gasteiger partial charge in [-0.3, -0.25) is 0 Å². The van der Waals surface area contributed by atoms with Crippen LogP contribution < -0.4 is 15.2 Å². The van der Waals surface area contributed by atoms with E-state index in [1.54, 1.807) is 36.4 Å². The highest BCUT2D eigenvalue weighted by Gasteiger charge is 2.12. The third-order valence-electron chi connectivity index (χ3n) is 4.56. The summed E-state index contributed by atoms with van der Waals surface area (Å²) in [5.41, 5.74) is 8.77. The third-order valence-corrected chi connectivity index (χ3v) is 4.80.